The summed E-state index contributed by atoms with van der Waals surface area (Å²) in [4.78, 5) is 38.8. The molecular formula is C18H24N2O5. The maximum Gasteiger partial charge on any atom is 0.308 e. The van der Waals surface area contributed by atoms with Gasteiger partial charge >= 0.3 is 5.97 Å². The van der Waals surface area contributed by atoms with Crippen molar-refractivity contribution in [1.29, 1.82) is 0 Å². The van der Waals surface area contributed by atoms with E-state index in [4.69, 9.17) is 4.74 Å². The number of hydrogen-bond donors (Lipinski definition) is 1. The minimum Gasteiger partial charge on any atom is -0.481 e. The van der Waals surface area contributed by atoms with Gasteiger partial charge in [0.2, 0.25) is 0 Å². The van der Waals surface area contributed by atoms with Crippen LogP contribution in [-0.4, -0.2) is 52.8 Å². The van der Waals surface area contributed by atoms with Crippen LogP contribution in [0.25, 0.3) is 0 Å². The second-order valence-electron chi connectivity index (χ2n) is 6.99. The van der Waals surface area contributed by atoms with Crippen molar-refractivity contribution in [1.82, 2.24) is 9.47 Å². The van der Waals surface area contributed by atoms with Gasteiger partial charge in [0, 0.05) is 44.0 Å². The van der Waals surface area contributed by atoms with Crippen LogP contribution in [0.5, 0.6) is 0 Å². The van der Waals surface area contributed by atoms with Crippen molar-refractivity contribution in [2.75, 3.05) is 26.3 Å². The molecule has 0 bridgehead atoms. The Morgan fingerprint density at radius 2 is 2.00 bits per heavy atom. The van der Waals surface area contributed by atoms with E-state index in [-0.39, 0.29) is 23.6 Å². The van der Waals surface area contributed by atoms with Crippen LogP contribution >= 0.6 is 0 Å². The molecule has 2 saturated heterocycles. The van der Waals surface area contributed by atoms with Gasteiger partial charge in [-0.15, -0.1) is 0 Å². The molecule has 0 aliphatic carbocycles. The summed E-state index contributed by atoms with van der Waals surface area (Å²) in [5.41, 5.74) is 0.150. The standard InChI is InChI=1S/C18H24N2O5/c1-3-20-12(2)4-5-13(16(20)22)15(21)19-10-14(17(23)24)18(11-19)6-8-25-9-7-18/h4-5,14H,3,6-11H2,1-2H3,(H,23,24). The van der Waals surface area contributed by atoms with Crippen molar-refractivity contribution < 1.29 is 19.4 Å². The molecule has 0 radical (unpaired) electrons. The first-order valence-electron chi connectivity index (χ1n) is 8.70. The summed E-state index contributed by atoms with van der Waals surface area (Å²) < 4.78 is 6.94. The van der Waals surface area contributed by atoms with Gasteiger partial charge in [0.05, 0.1) is 5.92 Å². The second kappa shape index (κ2) is 6.63. The predicted molar refractivity (Wildman–Crippen MR) is 90.6 cm³/mol. The van der Waals surface area contributed by atoms with Crippen LogP contribution in [0.4, 0.5) is 0 Å². The molecule has 7 nitrogen and oxygen atoms in total. The molecule has 25 heavy (non-hydrogen) atoms. The quantitative estimate of drug-likeness (QED) is 0.884. The van der Waals surface area contributed by atoms with Gasteiger partial charge in [-0.1, -0.05) is 0 Å². The zero-order chi connectivity index (χ0) is 18.2. The average molecular weight is 348 g/mol. The van der Waals surface area contributed by atoms with Crippen LogP contribution in [0, 0.1) is 18.3 Å². The summed E-state index contributed by atoms with van der Waals surface area (Å²) in [5, 5.41) is 9.63. The lowest BCUT2D eigenvalue weighted by Gasteiger charge is -2.36. The van der Waals surface area contributed by atoms with Crippen LogP contribution in [0.1, 0.15) is 35.8 Å². The van der Waals surface area contributed by atoms with E-state index in [1.807, 2.05) is 13.8 Å². The normalized spacial score (nSPS) is 22.3. The Hall–Kier alpha value is -2.15. The van der Waals surface area contributed by atoms with Crippen molar-refractivity contribution in [3.63, 3.8) is 0 Å². The molecule has 0 saturated carbocycles. The molecule has 2 fully saturated rings. The van der Waals surface area contributed by atoms with Crippen molar-refractivity contribution in [2.45, 2.75) is 33.2 Å². The lowest BCUT2D eigenvalue weighted by Crippen LogP contribution is -2.40. The van der Waals surface area contributed by atoms with Gasteiger partial charge in [-0.3, -0.25) is 14.4 Å². The number of ether oxygens (including phenoxy) is 1. The van der Waals surface area contributed by atoms with E-state index >= 15 is 0 Å². The van der Waals surface area contributed by atoms with E-state index in [0.717, 1.165) is 5.69 Å². The minimum atomic E-state index is -0.882. The van der Waals surface area contributed by atoms with E-state index in [2.05, 4.69) is 0 Å². The fourth-order valence-electron chi connectivity index (χ4n) is 4.15. The van der Waals surface area contributed by atoms with Crippen LogP contribution in [-0.2, 0) is 16.1 Å². The predicted octanol–water partition coefficient (Wildman–Crippen LogP) is 1.13. The molecule has 1 aromatic rings. The maximum absolute atomic E-state index is 12.9. The fourth-order valence-corrected chi connectivity index (χ4v) is 4.15. The van der Waals surface area contributed by atoms with Gasteiger partial charge in [-0.2, -0.15) is 0 Å². The number of carbonyl (C=O) groups excluding carboxylic acids is 1. The number of aliphatic carboxylic acids is 1. The molecule has 3 rings (SSSR count). The number of pyridine rings is 1. The van der Waals surface area contributed by atoms with E-state index in [0.29, 0.717) is 39.1 Å². The summed E-state index contributed by atoms with van der Waals surface area (Å²) in [6.07, 6.45) is 1.25. The molecule has 3 heterocycles. The lowest BCUT2D eigenvalue weighted by atomic mass is 9.72. The summed E-state index contributed by atoms with van der Waals surface area (Å²) >= 11 is 0. The van der Waals surface area contributed by atoms with Crippen LogP contribution in [0.3, 0.4) is 0 Å². The molecule has 2 aliphatic rings. The number of carboxylic acids is 1. The van der Waals surface area contributed by atoms with Crippen molar-refractivity contribution in [3.05, 3.63) is 33.7 Å². The third-order valence-corrected chi connectivity index (χ3v) is 5.66. The number of aromatic nitrogens is 1. The number of carboxylic acid groups (broad SMARTS) is 1. The molecule has 136 valence electrons. The zero-order valence-corrected chi connectivity index (χ0v) is 14.7. The average Bonchev–Trinajstić information content (AvgIpc) is 2.94. The summed E-state index contributed by atoms with van der Waals surface area (Å²) in [5.74, 6) is -1.87. The van der Waals surface area contributed by atoms with E-state index in [1.165, 1.54) is 4.90 Å². The first kappa shape index (κ1) is 17.7. The number of carbonyl (C=O) groups is 2. The molecule has 1 amide bonds. The highest BCUT2D eigenvalue weighted by molar-refractivity contribution is 5.94. The second-order valence-corrected chi connectivity index (χ2v) is 6.99. The lowest BCUT2D eigenvalue weighted by molar-refractivity contribution is -0.146. The van der Waals surface area contributed by atoms with Gasteiger partial charge in [-0.05, 0) is 38.8 Å². The fraction of sp³-hybridized carbons (Fsp3) is 0.611. The number of nitrogens with zero attached hydrogens (tertiary/aromatic N) is 2. The number of rotatable bonds is 3. The Balaban J connectivity index is 1.91. The largest absolute Gasteiger partial charge is 0.481 e. The number of aryl methyl sites for hydroxylation is 1. The summed E-state index contributed by atoms with van der Waals surface area (Å²) in [6, 6.07) is 3.31. The highest BCUT2D eigenvalue weighted by atomic mass is 16.5. The zero-order valence-electron chi connectivity index (χ0n) is 14.7. The summed E-state index contributed by atoms with van der Waals surface area (Å²) in [7, 11) is 0. The summed E-state index contributed by atoms with van der Waals surface area (Å²) in [6.45, 7) is 5.71. The molecule has 1 N–H and O–H groups in total. The minimum absolute atomic E-state index is 0.112. The molecule has 7 heteroatoms. The number of likely N-dealkylation sites (tertiary alicyclic amines) is 1. The molecule has 1 unspecified atom stereocenters. The Kier molecular flexibility index (Phi) is 4.69. The smallest absolute Gasteiger partial charge is 0.308 e. The van der Waals surface area contributed by atoms with Crippen molar-refractivity contribution in [3.8, 4) is 0 Å². The van der Waals surface area contributed by atoms with Crippen molar-refractivity contribution >= 4 is 11.9 Å². The third kappa shape index (κ3) is 2.97. The highest BCUT2D eigenvalue weighted by Crippen LogP contribution is 2.44. The maximum atomic E-state index is 12.9. The number of amides is 1. The van der Waals surface area contributed by atoms with Gasteiger partial charge in [0.25, 0.3) is 11.5 Å². The molecule has 1 aromatic heterocycles. The van der Waals surface area contributed by atoms with E-state index < -0.39 is 17.3 Å². The van der Waals surface area contributed by atoms with Gasteiger partial charge in [-0.25, -0.2) is 0 Å². The van der Waals surface area contributed by atoms with Gasteiger partial charge in [0.1, 0.15) is 5.56 Å². The van der Waals surface area contributed by atoms with Crippen molar-refractivity contribution in [2.24, 2.45) is 11.3 Å². The van der Waals surface area contributed by atoms with E-state index in [1.54, 1.807) is 16.7 Å². The molecular weight excluding hydrogens is 324 g/mol. The first-order chi connectivity index (χ1) is 11.9. The number of hydrogen-bond acceptors (Lipinski definition) is 4. The van der Waals surface area contributed by atoms with Crippen LogP contribution in [0.15, 0.2) is 16.9 Å². The Morgan fingerprint density at radius 1 is 1.32 bits per heavy atom. The van der Waals surface area contributed by atoms with Gasteiger partial charge < -0.3 is 19.3 Å². The Morgan fingerprint density at radius 3 is 2.60 bits per heavy atom. The molecule has 2 aliphatic heterocycles. The van der Waals surface area contributed by atoms with E-state index in [9.17, 15) is 19.5 Å². The third-order valence-electron chi connectivity index (χ3n) is 5.66. The Bertz CT molecular complexity index is 748. The molecule has 0 aromatic carbocycles. The monoisotopic (exact) mass is 348 g/mol. The molecule has 1 atom stereocenters. The molecule has 1 spiro atoms. The SMILES string of the molecule is CCn1c(C)ccc(C(=O)N2CC(C(=O)O)C3(CCOCC3)C2)c1=O. The van der Waals surface area contributed by atoms with Gasteiger partial charge in [0.15, 0.2) is 0 Å². The topological polar surface area (TPSA) is 88.8 Å². The highest BCUT2D eigenvalue weighted by Gasteiger charge is 2.52. The Labute approximate surface area is 146 Å². The van der Waals surface area contributed by atoms with Crippen LogP contribution in [0.2, 0.25) is 0 Å². The first-order valence-corrected chi connectivity index (χ1v) is 8.70. The van der Waals surface area contributed by atoms with Crippen LogP contribution < -0.4 is 5.56 Å².